The average Bonchev–Trinajstić information content (AvgIpc) is 3.36. The van der Waals surface area contributed by atoms with Gasteiger partial charge in [0.25, 0.3) is 0 Å². The van der Waals surface area contributed by atoms with Gasteiger partial charge < -0.3 is 21.1 Å². The van der Waals surface area contributed by atoms with Gasteiger partial charge in [0.2, 0.25) is 11.8 Å². The van der Waals surface area contributed by atoms with Crippen molar-refractivity contribution in [2.75, 3.05) is 24.3 Å². The number of nitrogens with one attached hydrogen (secondary N) is 3. The zero-order chi connectivity index (χ0) is 27.2. The molecule has 1 saturated carbocycles. The molecular weight excluding hydrogens is 500 g/mol. The van der Waals surface area contributed by atoms with E-state index in [9.17, 15) is 14.4 Å². The Morgan fingerprint density at radius 1 is 1.16 bits per heavy atom. The third-order valence-corrected chi connectivity index (χ3v) is 9.00. The number of rotatable bonds is 5. The minimum absolute atomic E-state index is 0.0173. The van der Waals surface area contributed by atoms with Gasteiger partial charge in [-0.3, -0.25) is 14.9 Å². The first-order valence-corrected chi connectivity index (χ1v) is 14.2. The summed E-state index contributed by atoms with van der Waals surface area (Å²) in [6.45, 7) is 6.62. The fraction of sp³-hybridized carbons (Fsp3) is 0.483. The average molecular weight is 539 g/mol. The van der Waals surface area contributed by atoms with Gasteiger partial charge in [-0.25, -0.2) is 4.79 Å². The molecule has 1 aromatic heterocycles. The Morgan fingerprint density at radius 3 is 2.61 bits per heavy atom. The van der Waals surface area contributed by atoms with Crippen LogP contribution in [0.1, 0.15) is 67.7 Å². The Morgan fingerprint density at radius 2 is 1.92 bits per heavy atom. The van der Waals surface area contributed by atoms with Crippen LogP contribution >= 0.6 is 11.3 Å². The molecule has 1 aliphatic carbocycles. The zero-order valence-electron chi connectivity index (χ0n) is 22.2. The number of nitrogens with two attached hydrogens (primary N) is 1. The maximum atomic E-state index is 13.3. The van der Waals surface area contributed by atoms with Crippen LogP contribution in [0.4, 0.5) is 16.2 Å². The van der Waals surface area contributed by atoms with E-state index in [1.807, 2.05) is 19.1 Å². The van der Waals surface area contributed by atoms with Gasteiger partial charge in [-0.05, 0) is 69.2 Å². The van der Waals surface area contributed by atoms with E-state index >= 15 is 0 Å². The van der Waals surface area contributed by atoms with Crippen molar-refractivity contribution in [3.63, 3.8) is 0 Å². The first kappa shape index (κ1) is 27.9. The van der Waals surface area contributed by atoms with Crippen molar-refractivity contribution in [2.24, 2.45) is 23.5 Å². The molecule has 0 saturated heterocycles. The fourth-order valence-corrected chi connectivity index (χ4v) is 6.45. The highest BCUT2D eigenvalue weighted by Gasteiger charge is 2.29. The van der Waals surface area contributed by atoms with Crippen LogP contribution in [0.2, 0.25) is 0 Å². The first-order chi connectivity index (χ1) is 18.3. The van der Waals surface area contributed by atoms with E-state index in [2.05, 4.69) is 28.6 Å². The van der Waals surface area contributed by atoms with Crippen LogP contribution in [0, 0.1) is 17.8 Å². The second kappa shape index (κ2) is 12.6. The summed E-state index contributed by atoms with van der Waals surface area (Å²) in [5, 5.41) is 9.08. The predicted molar refractivity (Wildman–Crippen MR) is 153 cm³/mol. The first-order valence-electron chi connectivity index (χ1n) is 13.4. The second-order valence-electron chi connectivity index (χ2n) is 10.3. The molecule has 0 spiro atoms. The molecule has 4 rings (SSSR count). The minimum atomic E-state index is -0.586. The van der Waals surface area contributed by atoms with Gasteiger partial charge in [-0.1, -0.05) is 32.1 Å². The molecule has 8 nitrogen and oxygen atoms in total. The molecule has 0 radical (unpaired) electrons. The van der Waals surface area contributed by atoms with Gasteiger partial charge in [0.15, 0.2) is 0 Å². The summed E-state index contributed by atoms with van der Waals surface area (Å²) in [4.78, 5) is 40.2. The summed E-state index contributed by atoms with van der Waals surface area (Å²) in [7, 11) is 1.30. The quantitative estimate of drug-likeness (QED) is 0.377. The second-order valence-corrected chi connectivity index (χ2v) is 11.5. The molecule has 5 N–H and O–H groups in total. The van der Waals surface area contributed by atoms with Crippen molar-refractivity contribution in [1.82, 2.24) is 5.32 Å². The van der Waals surface area contributed by atoms with Gasteiger partial charge in [0, 0.05) is 38.4 Å². The third-order valence-electron chi connectivity index (χ3n) is 7.75. The smallest absolute Gasteiger partial charge is 0.411 e. The number of carbonyl (C=O) groups excluding carboxylic acids is 3. The van der Waals surface area contributed by atoms with E-state index < -0.39 is 6.09 Å². The van der Waals surface area contributed by atoms with Crippen molar-refractivity contribution < 1.29 is 19.1 Å². The van der Waals surface area contributed by atoms with E-state index in [0.29, 0.717) is 30.3 Å². The predicted octanol–water partition coefficient (Wildman–Crippen LogP) is 5.92. The van der Waals surface area contributed by atoms with Gasteiger partial charge in [-0.2, -0.15) is 0 Å². The van der Waals surface area contributed by atoms with Gasteiger partial charge >= 0.3 is 6.09 Å². The number of thiophene rings is 1. The van der Waals surface area contributed by atoms with E-state index in [4.69, 9.17) is 10.5 Å². The Hall–Kier alpha value is -3.17. The van der Waals surface area contributed by atoms with Crippen LogP contribution in [0.5, 0.6) is 0 Å². The summed E-state index contributed by atoms with van der Waals surface area (Å²) in [5.41, 5.74) is 8.70. The number of ether oxygens (including phenoxy) is 1. The van der Waals surface area contributed by atoms with Gasteiger partial charge in [-0.15, -0.1) is 11.3 Å². The summed E-state index contributed by atoms with van der Waals surface area (Å²) < 4.78 is 4.72. The lowest BCUT2D eigenvalue weighted by molar-refractivity contribution is -0.127. The molecule has 2 heterocycles. The highest BCUT2D eigenvalue weighted by atomic mass is 32.1. The zero-order valence-corrected chi connectivity index (χ0v) is 23.0. The van der Waals surface area contributed by atoms with Crippen molar-refractivity contribution >= 4 is 46.7 Å². The standard InChI is InChI=1S/C29H38N4O4S/c1-4-25-22-15-26(38-25)23(32-28(35)19-10-8-18(16-30)9-11-19)7-5-6-17(2)27(34)33-24-14-20(12-13-21(22)24)31-29(36)37-3/h4,12-15,17-19,23H,1,5-11,16,30H2,2-3H3,(H,31,36)(H,32,35)(H,33,34)/t17-,18?,19?,23+/m1/s1. The number of anilines is 2. The van der Waals surface area contributed by atoms with Gasteiger partial charge in [0.05, 0.1) is 18.8 Å². The molecule has 204 valence electrons. The molecule has 1 aromatic carbocycles. The van der Waals surface area contributed by atoms with Crippen LogP contribution in [0.3, 0.4) is 0 Å². The van der Waals surface area contributed by atoms with E-state index in [0.717, 1.165) is 59.4 Å². The summed E-state index contributed by atoms with van der Waals surface area (Å²) in [6, 6.07) is 7.36. The summed E-state index contributed by atoms with van der Waals surface area (Å²) in [5.74, 6) is 0.344. The van der Waals surface area contributed by atoms with Crippen LogP contribution in [0.15, 0.2) is 30.8 Å². The normalized spacial score (nSPS) is 23.6. The lowest BCUT2D eigenvalue weighted by atomic mass is 9.81. The highest BCUT2D eigenvalue weighted by Crippen LogP contribution is 2.41. The molecule has 2 atom stereocenters. The SMILES string of the molecule is C=Cc1sc2cc1-c1ccc(NC(=O)OC)cc1NC(=O)[C@H](C)CCC[C@@H]2NC(=O)C1CCC(CN)CC1. The molecular formula is C29H38N4O4S. The topological polar surface area (TPSA) is 123 Å². The lowest BCUT2D eigenvalue weighted by Crippen LogP contribution is -2.36. The summed E-state index contributed by atoms with van der Waals surface area (Å²) in [6.07, 6.45) is 7.23. The number of fused-ring (bicyclic) bond motifs is 4. The third kappa shape index (κ3) is 6.45. The lowest BCUT2D eigenvalue weighted by Gasteiger charge is -2.28. The Balaban J connectivity index is 1.67. The molecule has 1 aliphatic heterocycles. The Labute approximate surface area is 228 Å². The number of amides is 3. The van der Waals surface area contributed by atoms with Crippen LogP contribution in [0.25, 0.3) is 17.2 Å². The van der Waals surface area contributed by atoms with Crippen molar-refractivity contribution in [3.8, 4) is 11.1 Å². The van der Waals surface area contributed by atoms with Gasteiger partial charge in [0.1, 0.15) is 0 Å². The summed E-state index contributed by atoms with van der Waals surface area (Å²) >= 11 is 1.61. The van der Waals surface area contributed by atoms with Crippen LogP contribution < -0.4 is 21.7 Å². The molecule has 9 heteroatoms. The largest absolute Gasteiger partial charge is 0.453 e. The van der Waals surface area contributed by atoms with Crippen molar-refractivity contribution in [2.45, 2.75) is 57.9 Å². The maximum absolute atomic E-state index is 13.3. The molecule has 1 fully saturated rings. The van der Waals surface area contributed by atoms with Crippen LogP contribution in [-0.4, -0.2) is 31.6 Å². The monoisotopic (exact) mass is 538 g/mol. The van der Waals surface area contributed by atoms with Crippen molar-refractivity contribution in [3.05, 3.63) is 40.6 Å². The molecule has 38 heavy (non-hydrogen) atoms. The Kier molecular flexibility index (Phi) is 9.22. The van der Waals surface area contributed by atoms with Crippen molar-refractivity contribution in [1.29, 1.82) is 0 Å². The molecule has 2 aromatic rings. The van der Waals surface area contributed by atoms with E-state index in [1.54, 1.807) is 23.5 Å². The van der Waals surface area contributed by atoms with Crippen LogP contribution in [-0.2, 0) is 14.3 Å². The minimum Gasteiger partial charge on any atom is -0.453 e. The molecule has 0 unspecified atom stereocenters. The van der Waals surface area contributed by atoms with E-state index in [-0.39, 0.29) is 29.7 Å². The number of benzene rings is 1. The number of hydrogen-bond acceptors (Lipinski definition) is 6. The molecule has 3 amide bonds. The molecule has 2 bridgehead atoms. The maximum Gasteiger partial charge on any atom is 0.411 e. The highest BCUT2D eigenvalue weighted by molar-refractivity contribution is 7.13. The number of hydrogen-bond donors (Lipinski definition) is 4. The number of methoxy groups -OCH3 is 1. The fourth-order valence-electron chi connectivity index (χ4n) is 5.34. The van der Waals surface area contributed by atoms with E-state index in [1.165, 1.54) is 7.11 Å². The molecule has 2 aliphatic rings. The number of carbonyl (C=O) groups is 3. The Bertz CT molecular complexity index is 1190.